The van der Waals surface area contributed by atoms with Crippen LogP contribution >= 0.6 is 0 Å². The highest BCUT2D eigenvalue weighted by Crippen LogP contribution is 2.06. The van der Waals surface area contributed by atoms with Gasteiger partial charge < -0.3 is 0 Å². The normalized spacial score (nSPS) is 14.4. The summed E-state index contributed by atoms with van der Waals surface area (Å²) in [6, 6.07) is 0. The smallest absolute Gasteiger partial charge is 0.262 e. The molecule has 24 heavy (non-hydrogen) atoms. The van der Waals surface area contributed by atoms with Crippen LogP contribution in [0.3, 0.4) is 0 Å². The second-order valence-electron chi connectivity index (χ2n) is 3.12. The molecule has 0 bridgehead atoms. The zero-order chi connectivity index (χ0) is 19.4. The lowest BCUT2D eigenvalue weighted by atomic mass is 10.7. The number of hydroxylamine groups is 4. The Balaban J connectivity index is 5.20. The minimum Gasteiger partial charge on any atom is -0.262 e. The SMILES string of the molecule is O=S(=O)(O)ON(CCN(OS(=O)(=O)O)OS(=O)(=O)O)OS(=O)(=O)O. The number of nitrogens with zero attached hydrogens (tertiary/aromatic N) is 2. The highest BCUT2D eigenvalue weighted by molar-refractivity contribution is 7.81. The van der Waals surface area contributed by atoms with Crippen LogP contribution in [0.4, 0.5) is 0 Å². The van der Waals surface area contributed by atoms with Gasteiger partial charge in [0.05, 0.1) is 13.1 Å². The van der Waals surface area contributed by atoms with Crippen molar-refractivity contribution in [3.8, 4) is 0 Å². The Hall–Kier alpha value is -0.600. The Morgan fingerprint density at radius 1 is 0.500 bits per heavy atom. The molecular weight excluding hydrogens is 436 g/mol. The maximum absolute atomic E-state index is 10.4. The molecule has 0 aromatic carbocycles. The molecule has 0 spiro atoms. The van der Waals surface area contributed by atoms with Crippen LogP contribution in [-0.2, 0) is 58.7 Å². The average molecular weight is 444 g/mol. The highest BCUT2D eigenvalue weighted by Gasteiger charge is 2.27. The summed E-state index contributed by atoms with van der Waals surface area (Å²) in [5, 5.41) is -1.42. The third-order valence-corrected chi connectivity index (χ3v) is 2.59. The fourth-order valence-corrected chi connectivity index (χ4v) is 2.09. The van der Waals surface area contributed by atoms with Crippen molar-refractivity contribution in [2.75, 3.05) is 13.1 Å². The lowest BCUT2D eigenvalue weighted by Gasteiger charge is -2.20. The van der Waals surface area contributed by atoms with E-state index in [9.17, 15) is 33.7 Å². The Kier molecular flexibility index (Phi) is 7.98. The number of hydrogen-bond acceptors (Lipinski definition) is 14. The molecule has 0 amide bonds. The lowest BCUT2D eigenvalue weighted by Crippen LogP contribution is -2.39. The fourth-order valence-electron chi connectivity index (χ4n) is 0.757. The maximum Gasteiger partial charge on any atom is 0.415 e. The second kappa shape index (κ2) is 8.19. The molecule has 0 aromatic rings. The van der Waals surface area contributed by atoms with Crippen LogP contribution in [0, 0.1) is 0 Å². The maximum atomic E-state index is 10.4. The first-order valence-corrected chi connectivity index (χ1v) is 10.1. The summed E-state index contributed by atoms with van der Waals surface area (Å²) in [7, 11) is -21.7. The third-order valence-electron chi connectivity index (χ3n) is 1.17. The van der Waals surface area contributed by atoms with Crippen LogP contribution in [0.2, 0.25) is 0 Å². The van der Waals surface area contributed by atoms with Gasteiger partial charge in [-0.1, -0.05) is 0 Å². The molecule has 0 radical (unpaired) electrons. The molecule has 0 saturated carbocycles. The van der Waals surface area contributed by atoms with Gasteiger partial charge in [-0.3, -0.25) is 18.2 Å². The molecule has 0 atom stereocenters. The summed E-state index contributed by atoms with van der Waals surface area (Å²) in [5.41, 5.74) is 0. The Bertz CT molecular complexity index is 679. The molecule has 0 aromatic heterocycles. The monoisotopic (exact) mass is 444 g/mol. The number of rotatable bonds is 11. The first-order chi connectivity index (χ1) is 10.4. The van der Waals surface area contributed by atoms with Gasteiger partial charge in [-0.15, -0.1) is 17.1 Å². The van der Waals surface area contributed by atoms with Crippen molar-refractivity contribution in [1.29, 1.82) is 0 Å². The molecule has 0 heterocycles. The summed E-state index contributed by atoms with van der Waals surface area (Å²) < 4.78 is 130. The van der Waals surface area contributed by atoms with E-state index in [1.165, 1.54) is 0 Å². The second-order valence-corrected chi connectivity index (χ2v) is 7.14. The fraction of sp³-hybridized carbons (Fsp3) is 1.00. The predicted octanol–water partition coefficient (Wildman–Crippen LogP) is -3.47. The van der Waals surface area contributed by atoms with E-state index in [1.54, 1.807) is 0 Å². The molecule has 0 rings (SSSR count). The molecule has 0 unspecified atom stereocenters. The van der Waals surface area contributed by atoms with E-state index in [-0.39, 0.29) is 0 Å². The Morgan fingerprint density at radius 3 is 0.792 bits per heavy atom. The zero-order valence-electron chi connectivity index (χ0n) is 10.6. The van der Waals surface area contributed by atoms with Gasteiger partial charge in [-0.05, 0) is 10.5 Å². The minimum absolute atomic E-state index is 0.710. The summed E-state index contributed by atoms with van der Waals surface area (Å²) in [4.78, 5) is 0. The molecule has 0 aliphatic rings. The third kappa shape index (κ3) is 15.0. The van der Waals surface area contributed by atoms with Gasteiger partial charge in [0.1, 0.15) is 0 Å². The molecule has 18 nitrogen and oxygen atoms in total. The summed E-state index contributed by atoms with van der Waals surface area (Å²) in [5.74, 6) is 0. The van der Waals surface area contributed by atoms with Crippen LogP contribution in [0.5, 0.6) is 0 Å². The minimum atomic E-state index is -5.42. The highest BCUT2D eigenvalue weighted by atomic mass is 32.3. The lowest BCUT2D eigenvalue weighted by molar-refractivity contribution is -0.297. The first kappa shape index (κ1) is 23.4. The van der Waals surface area contributed by atoms with E-state index in [0.717, 1.165) is 0 Å². The van der Waals surface area contributed by atoms with E-state index in [1.807, 2.05) is 0 Å². The van der Waals surface area contributed by atoms with E-state index in [2.05, 4.69) is 17.1 Å². The molecule has 22 heteroatoms. The standard InChI is InChI=1S/C2H8N2O16S4/c5-21(6,7)17-3(18-22(8,9)10)1-2-4(19-23(11,12)13)20-24(14,15)16/h1-2H2,(H,5,6,7)(H,8,9,10)(H,11,12,13)(H,14,15,16). The van der Waals surface area contributed by atoms with Crippen molar-refractivity contribution < 1.29 is 69.0 Å². The van der Waals surface area contributed by atoms with Crippen molar-refractivity contribution in [2.24, 2.45) is 0 Å². The molecule has 146 valence electrons. The molecule has 0 aliphatic heterocycles. The summed E-state index contributed by atoms with van der Waals surface area (Å²) in [6.45, 7) is -2.71. The predicted molar refractivity (Wildman–Crippen MR) is 63.9 cm³/mol. The Labute approximate surface area is 134 Å². The van der Waals surface area contributed by atoms with E-state index in [0.29, 0.717) is 0 Å². The van der Waals surface area contributed by atoms with Gasteiger partial charge in [0.25, 0.3) is 0 Å². The largest absolute Gasteiger partial charge is 0.415 e. The summed E-state index contributed by atoms with van der Waals surface area (Å²) >= 11 is 0. The van der Waals surface area contributed by atoms with Crippen LogP contribution in [0.1, 0.15) is 0 Å². The molecule has 0 aliphatic carbocycles. The van der Waals surface area contributed by atoms with Crippen LogP contribution < -0.4 is 0 Å². The van der Waals surface area contributed by atoms with Crippen LogP contribution in [-0.4, -0.2) is 75.4 Å². The van der Waals surface area contributed by atoms with Gasteiger partial charge >= 0.3 is 41.6 Å². The molecular formula is C2H8N2O16S4. The van der Waals surface area contributed by atoms with E-state index < -0.39 is 65.1 Å². The topological polar surface area (TPSA) is 261 Å². The van der Waals surface area contributed by atoms with Crippen molar-refractivity contribution in [1.82, 2.24) is 10.5 Å². The van der Waals surface area contributed by atoms with Crippen LogP contribution in [0.25, 0.3) is 0 Å². The Morgan fingerprint density at radius 2 is 0.667 bits per heavy atom. The van der Waals surface area contributed by atoms with Gasteiger partial charge in [0.2, 0.25) is 0 Å². The van der Waals surface area contributed by atoms with Crippen molar-refractivity contribution in [3.63, 3.8) is 0 Å². The first-order valence-electron chi connectivity index (χ1n) is 4.59. The van der Waals surface area contributed by atoms with E-state index in [4.69, 9.17) is 18.2 Å². The quantitative estimate of drug-likeness (QED) is 0.178. The van der Waals surface area contributed by atoms with Gasteiger partial charge in [0.15, 0.2) is 0 Å². The van der Waals surface area contributed by atoms with Crippen molar-refractivity contribution in [2.45, 2.75) is 0 Å². The van der Waals surface area contributed by atoms with Crippen molar-refractivity contribution in [3.05, 3.63) is 0 Å². The molecule has 0 fully saturated rings. The number of hydrogen-bond donors (Lipinski definition) is 4. The average Bonchev–Trinajstić information content (AvgIpc) is 2.16. The summed E-state index contributed by atoms with van der Waals surface area (Å²) in [6.07, 6.45) is 0. The molecule has 0 saturated heterocycles. The van der Waals surface area contributed by atoms with Crippen molar-refractivity contribution >= 4 is 41.6 Å². The molecule has 4 N–H and O–H groups in total. The zero-order valence-corrected chi connectivity index (χ0v) is 13.9. The van der Waals surface area contributed by atoms with Gasteiger partial charge in [-0.2, -0.15) is 33.7 Å². The van der Waals surface area contributed by atoms with Crippen LogP contribution in [0.15, 0.2) is 0 Å². The van der Waals surface area contributed by atoms with Gasteiger partial charge in [-0.25, -0.2) is 0 Å². The van der Waals surface area contributed by atoms with Gasteiger partial charge in [0, 0.05) is 0 Å². The van der Waals surface area contributed by atoms with E-state index >= 15 is 0 Å².